The zero-order valence-electron chi connectivity index (χ0n) is 9.61. The normalized spacial score (nSPS) is 10.8. The largest absolute Gasteiger partial charge is 0.348 e. The van der Waals surface area contributed by atoms with Crippen LogP contribution in [0.4, 0.5) is 0 Å². The van der Waals surface area contributed by atoms with E-state index in [0.29, 0.717) is 12.4 Å². The molecule has 0 aliphatic heterocycles. The molecule has 2 aromatic rings. The van der Waals surface area contributed by atoms with Crippen LogP contribution in [-0.2, 0) is 12.4 Å². The summed E-state index contributed by atoms with van der Waals surface area (Å²) in [6, 6.07) is 1.89. The minimum atomic E-state index is -0.231. The summed E-state index contributed by atoms with van der Waals surface area (Å²) in [7, 11) is 0. The van der Waals surface area contributed by atoms with Crippen molar-refractivity contribution in [3.63, 3.8) is 0 Å². The molecular formula is C11H12ClN3OS. The van der Waals surface area contributed by atoms with Gasteiger partial charge in [-0.1, -0.05) is 0 Å². The lowest BCUT2D eigenvalue weighted by Gasteiger charge is -2.07. The first-order valence-corrected chi connectivity index (χ1v) is 6.56. The zero-order valence-corrected chi connectivity index (χ0v) is 11.2. The molecule has 0 unspecified atom stereocenters. The molecular weight excluding hydrogens is 258 g/mol. The fraction of sp³-hybridized carbons (Fsp3) is 0.364. The van der Waals surface area contributed by atoms with Gasteiger partial charge in [0, 0.05) is 16.8 Å². The molecule has 4 nitrogen and oxygen atoms in total. The molecule has 0 radical (unpaired) electrons. The van der Waals surface area contributed by atoms with Gasteiger partial charge in [-0.15, -0.1) is 22.9 Å². The van der Waals surface area contributed by atoms with Crippen LogP contribution in [-0.4, -0.2) is 14.5 Å². The van der Waals surface area contributed by atoms with Crippen LogP contribution in [0.5, 0.6) is 0 Å². The lowest BCUT2D eigenvalue weighted by atomic mass is 10.3. The molecule has 0 aliphatic carbocycles. The number of thiazole rings is 1. The van der Waals surface area contributed by atoms with Crippen LogP contribution >= 0.6 is 22.9 Å². The molecule has 0 aromatic carbocycles. The van der Waals surface area contributed by atoms with Crippen molar-refractivity contribution < 1.29 is 0 Å². The van der Waals surface area contributed by atoms with Crippen LogP contribution in [0.1, 0.15) is 22.1 Å². The molecule has 0 amide bonds. The van der Waals surface area contributed by atoms with E-state index in [1.54, 1.807) is 4.57 Å². The van der Waals surface area contributed by atoms with Gasteiger partial charge in [-0.05, 0) is 19.9 Å². The number of nitrogens with zero attached hydrogens (tertiary/aromatic N) is 3. The summed E-state index contributed by atoms with van der Waals surface area (Å²) in [6.07, 6.45) is 0. The molecule has 90 valence electrons. The van der Waals surface area contributed by atoms with Crippen molar-refractivity contribution in [3.05, 3.63) is 44.0 Å². The highest BCUT2D eigenvalue weighted by atomic mass is 35.5. The standard InChI is InChI=1S/C11H12ClN3OS/c1-7-3-8(2)15(11(16)13-7)5-10-14-9(4-12)6-17-10/h3,6H,4-5H2,1-2H3. The van der Waals surface area contributed by atoms with E-state index in [4.69, 9.17) is 11.6 Å². The Morgan fingerprint density at radius 2 is 2.18 bits per heavy atom. The van der Waals surface area contributed by atoms with Gasteiger partial charge < -0.3 is 0 Å². The molecule has 0 fully saturated rings. The summed E-state index contributed by atoms with van der Waals surface area (Å²) in [5.74, 6) is 0.399. The fourth-order valence-corrected chi connectivity index (χ4v) is 2.60. The zero-order chi connectivity index (χ0) is 12.4. The van der Waals surface area contributed by atoms with Crippen LogP contribution in [0.15, 0.2) is 16.2 Å². The van der Waals surface area contributed by atoms with Gasteiger partial charge in [0.1, 0.15) is 5.01 Å². The van der Waals surface area contributed by atoms with Crippen LogP contribution in [0.25, 0.3) is 0 Å². The van der Waals surface area contributed by atoms with Gasteiger partial charge in [-0.2, -0.15) is 4.98 Å². The summed E-state index contributed by atoms with van der Waals surface area (Å²) in [4.78, 5) is 20.0. The second-order valence-electron chi connectivity index (χ2n) is 3.77. The SMILES string of the molecule is Cc1cc(C)n(Cc2nc(CCl)cs2)c(=O)n1. The maximum absolute atomic E-state index is 11.7. The number of hydrogen-bond acceptors (Lipinski definition) is 4. The quantitative estimate of drug-likeness (QED) is 0.802. The first kappa shape index (κ1) is 12.3. The molecule has 2 rings (SSSR count). The Kier molecular flexibility index (Phi) is 3.59. The molecule has 2 aromatic heterocycles. The molecule has 0 saturated heterocycles. The third kappa shape index (κ3) is 2.73. The predicted octanol–water partition coefficient (Wildman–Crippen LogP) is 2.10. The third-order valence-electron chi connectivity index (χ3n) is 2.38. The van der Waals surface area contributed by atoms with Crippen molar-refractivity contribution in [3.8, 4) is 0 Å². The van der Waals surface area contributed by atoms with Gasteiger partial charge in [-0.25, -0.2) is 9.78 Å². The number of alkyl halides is 1. The van der Waals surface area contributed by atoms with E-state index < -0.39 is 0 Å². The van der Waals surface area contributed by atoms with Gasteiger partial charge >= 0.3 is 5.69 Å². The molecule has 2 heterocycles. The second-order valence-corrected chi connectivity index (χ2v) is 4.98. The Morgan fingerprint density at radius 3 is 2.76 bits per heavy atom. The topological polar surface area (TPSA) is 47.8 Å². The van der Waals surface area contributed by atoms with Crippen LogP contribution in [0, 0.1) is 13.8 Å². The number of halogens is 1. The first-order valence-electron chi connectivity index (χ1n) is 5.14. The molecule has 6 heteroatoms. The van der Waals surface area contributed by atoms with Gasteiger partial charge in [-0.3, -0.25) is 4.57 Å². The van der Waals surface area contributed by atoms with Crippen LogP contribution in [0.2, 0.25) is 0 Å². The van der Waals surface area contributed by atoms with Gasteiger partial charge in [0.05, 0.1) is 18.1 Å². The monoisotopic (exact) mass is 269 g/mol. The Morgan fingerprint density at radius 1 is 1.41 bits per heavy atom. The van der Waals surface area contributed by atoms with Crippen LogP contribution < -0.4 is 5.69 Å². The maximum atomic E-state index is 11.7. The van der Waals surface area contributed by atoms with E-state index in [2.05, 4.69) is 9.97 Å². The maximum Gasteiger partial charge on any atom is 0.348 e. The summed E-state index contributed by atoms with van der Waals surface area (Å²) in [6.45, 7) is 4.17. The molecule has 0 saturated carbocycles. The highest BCUT2D eigenvalue weighted by Gasteiger charge is 2.07. The smallest absolute Gasteiger partial charge is 0.290 e. The van der Waals surface area contributed by atoms with Crippen molar-refractivity contribution in [2.24, 2.45) is 0 Å². The van der Waals surface area contributed by atoms with Crippen molar-refractivity contribution in [2.45, 2.75) is 26.3 Å². The molecule has 0 bridgehead atoms. The number of hydrogen-bond donors (Lipinski definition) is 0. The minimum absolute atomic E-state index is 0.231. The lowest BCUT2D eigenvalue weighted by molar-refractivity contribution is 0.689. The summed E-state index contributed by atoms with van der Waals surface area (Å²) < 4.78 is 1.61. The summed E-state index contributed by atoms with van der Waals surface area (Å²) in [5.41, 5.74) is 2.25. The number of aryl methyl sites for hydroxylation is 2. The fourth-order valence-electron chi connectivity index (χ4n) is 1.59. The van der Waals surface area contributed by atoms with E-state index in [-0.39, 0.29) is 5.69 Å². The second kappa shape index (κ2) is 4.98. The third-order valence-corrected chi connectivity index (χ3v) is 3.53. The summed E-state index contributed by atoms with van der Waals surface area (Å²) >= 11 is 7.20. The molecule has 0 aliphatic rings. The van der Waals surface area contributed by atoms with Gasteiger partial charge in [0.25, 0.3) is 0 Å². The van der Waals surface area contributed by atoms with E-state index >= 15 is 0 Å². The minimum Gasteiger partial charge on any atom is -0.290 e. The Hall–Kier alpha value is -1.20. The average Bonchev–Trinajstić information content (AvgIpc) is 2.71. The van der Waals surface area contributed by atoms with Gasteiger partial charge in [0.2, 0.25) is 0 Å². The number of aromatic nitrogens is 3. The Bertz CT molecular complexity index is 591. The van der Waals surface area contributed by atoms with Crippen LogP contribution in [0.3, 0.4) is 0 Å². The van der Waals surface area contributed by atoms with E-state index in [1.165, 1.54) is 11.3 Å². The Labute approximate surface area is 108 Å². The molecule has 0 atom stereocenters. The average molecular weight is 270 g/mol. The Balaban J connectivity index is 2.33. The molecule has 0 N–H and O–H groups in total. The van der Waals surface area contributed by atoms with Crippen molar-refractivity contribution in [1.82, 2.24) is 14.5 Å². The van der Waals surface area contributed by atoms with E-state index in [0.717, 1.165) is 22.1 Å². The van der Waals surface area contributed by atoms with Gasteiger partial charge in [0.15, 0.2) is 0 Å². The predicted molar refractivity (Wildman–Crippen MR) is 68.7 cm³/mol. The van der Waals surface area contributed by atoms with E-state index in [1.807, 2.05) is 25.3 Å². The highest BCUT2D eigenvalue weighted by Crippen LogP contribution is 2.13. The molecule has 0 spiro atoms. The van der Waals surface area contributed by atoms with Crippen molar-refractivity contribution in [1.29, 1.82) is 0 Å². The van der Waals surface area contributed by atoms with Crippen molar-refractivity contribution >= 4 is 22.9 Å². The summed E-state index contributed by atoms with van der Waals surface area (Å²) in [5, 5.41) is 2.78. The lowest BCUT2D eigenvalue weighted by Crippen LogP contribution is -2.26. The number of rotatable bonds is 3. The van der Waals surface area contributed by atoms with Crippen molar-refractivity contribution in [2.75, 3.05) is 0 Å². The first-order chi connectivity index (χ1) is 8.10. The highest BCUT2D eigenvalue weighted by molar-refractivity contribution is 7.09. The van der Waals surface area contributed by atoms with E-state index in [9.17, 15) is 4.79 Å². The molecule has 17 heavy (non-hydrogen) atoms.